The lowest BCUT2D eigenvalue weighted by Gasteiger charge is -2.08. The summed E-state index contributed by atoms with van der Waals surface area (Å²) in [6.07, 6.45) is 6.39. The monoisotopic (exact) mass is 301 g/mol. The van der Waals surface area contributed by atoms with Gasteiger partial charge >= 0.3 is 0 Å². The number of alkyl halides is 1. The van der Waals surface area contributed by atoms with Gasteiger partial charge in [0.15, 0.2) is 5.75 Å². The summed E-state index contributed by atoms with van der Waals surface area (Å²) in [6, 6.07) is 7.98. The van der Waals surface area contributed by atoms with Crippen LogP contribution in [0.4, 0.5) is 0 Å². The Morgan fingerprint density at radius 3 is 2.76 bits per heavy atom. The molecule has 0 amide bonds. The van der Waals surface area contributed by atoms with Crippen molar-refractivity contribution in [2.24, 2.45) is 0 Å². The molecule has 21 heavy (non-hydrogen) atoms. The first-order chi connectivity index (χ1) is 10.3. The van der Waals surface area contributed by atoms with Crippen LogP contribution in [0.5, 0.6) is 11.6 Å². The Hall–Kier alpha value is -2.07. The molecule has 0 N–H and O–H groups in total. The van der Waals surface area contributed by atoms with Gasteiger partial charge in [0.1, 0.15) is 0 Å². The summed E-state index contributed by atoms with van der Waals surface area (Å²) in [4.78, 5) is 4.38. The maximum absolute atomic E-state index is 5.96. The molecular formula is C16H16ClN3O. The number of halogens is 1. The second kappa shape index (κ2) is 6.14. The third-order valence-corrected chi connectivity index (χ3v) is 3.55. The van der Waals surface area contributed by atoms with Crippen molar-refractivity contribution in [3.63, 3.8) is 0 Å². The van der Waals surface area contributed by atoms with E-state index in [-0.39, 0.29) is 0 Å². The largest absolute Gasteiger partial charge is 0.435 e. The van der Waals surface area contributed by atoms with E-state index in [1.165, 1.54) is 0 Å². The standard InChI is InChI=1S/C16H16ClN3O/c1-2-7-20-11-13(10-19-20)21-16-15-6-4-3-5-14(15)12(8-17)9-18-16/h3-6,9-11H,2,7-8H2,1H3. The first-order valence-electron chi connectivity index (χ1n) is 6.94. The molecule has 0 saturated carbocycles. The minimum atomic E-state index is 0.433. The molecular weight excluding hydrogens is 286 g/mol. The zero-order chi connectivity index (χ0) is 14.7. The highest BCUT2D eigenvalue weighted by atomic mass is 35.5. The summed E-state index contributed by atoms with van der Waals surface area (Å²) < 4.78 is 7.75. The molecule has 2 aromatic heterocycles. The van der Waals surface area contributed by atoms with Gasteiger partial charge in [0, 0.05) is 24.0 Å². The summed E-state index contributed by atoms with van der Waals surface area (Å²) >= 11 is 5.96. The molecule has 0 spiro atoms. The van der Waals surface area contributed by atoms with Crippen molar-refractivity contribution in [2.75, 3.05) is 0 Å². The number of ether oxygens (including phenoxy) is 1. The van der Waals surface area contributed by atoms with Crippen LogP contribution in [0, 0.1) is 0 Å². The molecule has 2 heterocycles. The topological polar surface area (TPSA) is 39.9 Å². The number of fused-ring (bicyclic) bond motifs is 1. The average molecular weight is 302 g/mol. The molecule has 0 fully saturated rings. The van der Waals surface area contributed by atoms with Crippen LogP contribution in [0.2, 0.25) is 0 Å². The predicted molar refractivity (Wildman–Crippen MR) is 83.9 cm³/mol. The number of aromatic nitrogens is 3. The van der Waals surface area contributed by atoms with E-state index in [4.69, 9.17) is 16.3 Å². The summed E-state index contributed by atoms with van der Waals surface area (Å²) in [5.74, 6) is 1.71. The van der Waals surface area contributed by atoms with Crippen molar-refractivity contribution in [1.82, 2.24) is 14.8 Å². The van der Waals surface area contributed by atoms with Crippen LogP contribution in [-0.2, 0) is 12.4 Å². The zero-order valence-electron chi connectivity index (χ0n) is 11.8. The highest BCUT2D eigenvalue weighted by Gasteiger charge is 2.09. The van der Waals surface area contributed by atoms with Crippen LogP contribution >= 0.6 is 11.6 Å². The maximum atomic E-state index is 5.96. The highest BCUT2D eigenvalue weighted by Crippen LogP contribution is 2.30. The highest BCUT2D eigenvalue weighted by molar-refractivity contribution is 6.18. The van der Waals surface area contributed by atoms with E-state index in [0.29, 0.717) is 17.5 Å². The Morgan fingerprint density at radius 1 is 1.19 bits per heavy atom. The quantitative estimate of drug-likeness (QED) is 0.657. The molecule has 1 aromatic carbocycles. The van der Waals surface area contributed by atoms with Gasteiger partial charge in [-0.25, -0.2) is 4.98 Å². The van der Waals surface area contributed by atoms with Crippen molar-refractivity contribution < 1.29 is 4.74 Å². The third kappa shape index (κ3) is 2.85. The molecule has 4 nitrogen and oxygen atoms in total. The molecule has 0 aliphatic carbocycles. The number of hydrogen-bond acceptors (Lipinski definition) is 3. The Labute approximate surface area is 128 Å². The average Bonchev–Trinajstić information content (AvgIpc) is 2.95. The summed E-state index contributed by atoms with van der Waals surface area (Å²) in [6.45, 7) is 2.99. The number of hydrogen-bond donors (Lipinski definition) is 0. The van der Waals surface area contributed by atoms with Gasteiger partial charge in [-0.1, -0.05) is 25.1 Å². The van der Waals surface area contributed by atoms with Crippen LogP contribution in [0.25, 0.3) is 10.8 Å². The van der Waals surface area contributed by atoms with Gasteiger partial charge < -0.3 is 4.74 Å². The van der Waals surface area contributed by atoms with Crippen LogP contribution in [0.3, 0.4) is 0 Å². The Bertz CT molecular complexity index is 754. The number of pyridine rings is 1. The van der Waals surface area contributed by atoms with Crippen LogP contribution < -0.4 is 4.74 Å². The van der Waals surface area contributed by atoms with E-state index in [2.05, 4.69) is 17.0 Å². The van der Waals surface area contributed by atoms with Gasteiger partial charge in [0.25, 0.3) is 0 Å². The lowest BCUT2D eigenvalue weighted by Crippen LogP contribution is -1.95. The summed E-state index contributed by atoms with van der Waals surface area (Å²) in [7, 11) is 0. The number of rotatable bonds is 5. The Kier molecular flexibility index (Phi) is 4.06. The smallest absolute Gasteiger partial charge is 0.227 e. The minimum Gasteiger partial charge on any atom is -0.435 e. The molecule has 5 heteroatoms. The van der Waals surface area contributed by atoms with Crippen molar-refractivity contribution in [1.29, 1.82) is 0 Å². The van der Waals surface area contributed by atoms with Crippen molar-refractivity contribution in [3.8, 4) is 11.6 Å². The fourth-order valence-electron chi connectivity index (χ4n) is 2.27. The van der Waals surface area contributed by atoms with E-state index in [0.717, 1.165) is 29.3 Å². The minimum absolute atomic E-state index is 0.433. The normalized spacial score (nSPS) is 11.0. The molecule has 0 aliphatic heterocycles. The number of benzene rings is 1. The maximum Gasteiger partial charge on any atom is 0.227 e. The molecule has 0 bridgehead atoms. The van der Waals surface area contributed by atoms with Crippen LogP contribution in [0.15, 0.2) is 42.9 Å². The van der Waals surface area contributed by atoms with Gasteiger partial charge in [-0.3, -0.25) is 4.68 Å². The molecule has 108 valence electrons. The SMILES string of the molecule is CCCn1cc(Oc2ncc(CCl)c3ccccc23)cn1. The Balaban J connectivity index is 1.96. The van der Waals surface area contributed by atoms with E-state index >= 15 is 0 Å². The van der Waals surface area contributed by atoms with Gasteiger partial charge in [-0.15, -0.1) is 11.6 Å². The fourth-order valence-corrected chi connectivity index (χ4v) is 2.49. The molecule has 3 rings (SSSR count). The van der Waals surface area contributed by atoms with Crippen molar-refractivity contribution in [3.05, 3.63) is 48.4 Å². The second-order valence-corrected chi connectivity index (χ2v) is 5.08. The van der Waals surface area contributed by atoms with E-state index in [1.54, 1.807) is 12.4 Å². The van der Waals surface area contributed by atoms with E-state index in [9.17, 15) is 0 Å². The van der Waals surface area contributed by atoms with E-state index < -0.39 is 0 Å². The lowest BCUT2D eigenvalue weighted by atomic mass is 10.1. The molecule has 0 aliphatic rings. The van der Waals surface area contributed by atoms with Crippen molar-refractivity contribution in [2.45, 2.75) is 25.8 Å². The molecule has 0 atom stereocenters. The molecule has 3 aromatic rings. The molecule has 0 saturated heterocycles. The molecule has 0 unspecified atom stereocenters. The number of nitrogens with zero attached hydrogens (tertiary/aromatic N) is 3. The van der Waals surface area contributed by atoms with Gasteiger partial charge in [-0.2, -0.15) is 5.10 Å². The lowest BCUT2D eigenvalue weighted by molar-refractivity contribution is 0.467. The zero-order valence-corrected chi connectivity index (χ0v) is 12.5. The predicted octanol–water partition coefficient (Wildman–Crippen LogP) is 4.37. The summed E-state index contributed by atoms with van der Waals surface area (Å²) in [5.41, 5.74) is 1.00. The van der Waals surface area contributed by atoms with Crippen LogP contribution in [0.1, 0.15) is 18.9 Å². The summed E-state index contributed by atoms with van der Waals surface area (Å²) in [5, 5.41) is 6.28. The first kappa shape index (κ1) is 13.9. The van der Waals surface area contributed by atoms with Crippen LogP contribution in [-0.4, -0.2) is 14.8 Å². The van der Waals surface area contributed by atoms with E-state index in [1.807, 2.05) is 35.1 Å². The van der Waals surface area contributed by atoms with Gasteiger partial charge in [0.2, 0.25) is 5.88 Å². The van der Waals surface area contributed by atoms with Gasteiger partial charge in [-0.05, 0) is 23.4 Å². The molecule has 0 radical (unpaired) electrons. The fraction of sp³-hybridized carbons (Fsp3) is 0.250. The first-order valence-corrected chi connectivity index (χ1v) is 7.48. The third-order valence-electron chi connectivity index (χ3n) is 3.26. The van der Waals surface area contributed by atoms with Gasteiger partial charge in [0.05, 0.1) is 12.4 Å². The van der Waals surface area contributed by atoms with Crippen molar-refractivity contribution >= 4 is 22.4 Å². The number of aryl methyl sites for hydroxylation is 1. The Morgan fingerprint density at radius 2 is 2.00 bits per heavy atom. The second-order valence-electron chi connectivity index (χ2n) is 4.81.